The van der Waals surface area contributed by atoms with E-state index in [4.69, 9.17) is 9.84 Å². The summed E-state index contributed by atoms with van der Waals surface area (Å²) >= 11 is 0. The predicted octanol–water partition coefficient (Wildman–Crippen LogP) is 0.522. The molecule has 1 rings (SSSR count). The molecule has 0 aliphatic rings. The minimum Gasteiger partial charge on any atom is -0.462 e. The van der Waals surface area contributed by atoms with Gasteiger partial charge in [0.05, 0.1) is 23.7 Å². The monoisotopic (exact) mass is 287 g/mol. The summed E-state index contributed by atoms with van der Waals surface area (Å²) in [6.07, 6.45) is 0. The summed E-state index contributed by atoms with van der Waals surface area (Å²) in [5.41, 5.74) is 0.288. The maximum absolute atomic E-state index is 11.9. The number of aliphatic hydroxyl groups excluding tert-OH is 1. The van der Waals surface area contributed by atoms with Crippen molar-refractivity contribution in [2.45, 2.75) is 24.8 Å². The molecule has 106 valence electrons. The second-order valence-corrected chi connectivity index (χ2v) is 5.66. The summed E-state index contributed by atoms with van der Waals surface area (Å²) in [6, 6.07) is 4.83. The molecule has 0 aromatic heterocycles. The van der Waals surface area contributed by atoms with Crippen LogP contribution < -0.4 is 4.72 Å². The summed E-state index contributed by atoms with van der Waals surface area (Å²) < 4.78 is 30.8. The van der Waals surface area contributed by atoms with E-state index in [9.17, 15) is 13.2 Å². The molecule has 19 heavy (non-hydrogen) atoms. The van der Waals surface area contributed by atoms with E-state index in [-0.39, 0.29) is 23.7 Å². The molecule has 2 N–H and O–H groups in total. The standard InChI is InChI=1S/C12H17NO5S/c1-3-18-12(15)10-4-6-11(7-5-10)19(16,17)13-9(2)8-14/h4-7,9,13-14H,3,8H2,1-2H3/t9-/m1/s1. The molecule has 0 saturated carbocycles. The zero-order valence-corrected chi connectivity index (χ0v) is 11.6. The highest BCUT2D eigenvalue weighted by atomic mass is 32.2. The number of carbonyl (C=O) groups excluding carboxylic acids is 1. The number of benzene rings is 1. The van der Waals surface area contributed by atoms with Crippen molar-refractivity contribution in [2.75, 3.05) is 13.2 Å². The zero-order valence-electron chi connectivity index (χ0n) is 10.8. The van der Waals surface area contributed by atoms with E-state index >= 15 is 0 Å². The summed E-state index contributed by atoms with van der Waals surface area (Å²) in [5.74, 6) is -0.497. The number of ether oxygens (including phenoxy) is 1. The van der Waals surface area contributed by atoms with Gasteiger partial charge in [-0.25, -0.2) is 17.9 Å². The number of hydrogen-bond acceptors (Lipinski definition) is 5. The largest absolute Gasteiger partial charge is 0.462 e. The molecule has 0 aliphatic heterocycles. The van der Waals surface area contributed by atoms with E-state index in [1.165, 1.54) is 24.3 Å². The first kappa shape index (κ1) is 15.6. The fourth-order valence-electron chi connectivity index (χ4n) is 1.35. The molecule has 0 unspecified atom stereocenters. The molecule has 7 heteroatoms. The van der Waals surface area contributed by atoms with E-state index in [0.717, 1.165) is 0 Å². The van der Waals surface area contributed by atoms with E-state index in [0.29, 0.717) is 0 Å². The van der Waals surface area contributed by atoms with Crippen LogP contribution in [0.25, 0.3) is 0 Å². The lowest BCUT2D eigenvalue weighted by Gasteiger charge is -2.11. The molecule has 0 saturated heterocycles. The van der Waals surface area contributed by atoms with Crippen molar-refractivity contribution < 1.29 is 23.1 Å². The maximum Gasteiger partial charge on any atom is 0.338 e. The van der Waals surface area contributed by atoms with Crippen LogP contribution in [0.2, 0.25) is 0 Å². The van der Waals surface area contributed by atoms with Crippen molar-refractivity contribution in [1.29, 1.82) is 0 Å². The minimum atomic E-state index is -3.69. The minimum absolute atomic E-state index is 0.0286. The number of rotatable bonds is 6. The van der Waals surface area contributed by atoms with Crippen molar-refractivity contribution in [2.24, 2.45) is 0 Å². The molecule has 1 aromatic carbocycles. The molecule has 1 atom stereocenters. The predicted molar refractivity (Wildman–Crippen MR) is 69.3 cm³/mol. The fraction of sp³-hybridized carbons (Fsp3) is 0.417. The van der Waals surface area contributed by atoms with Gasteiger partial charge >= 0.3 is 5.97 Å². The maximum atomic E-state index is 11.9. The van der Waals surface area contributed by atoms with Crippen molar-refractivity contribution in [3.05, 3.63) is 29.8 Å². The molecular weight excluding hydrogens is 270 g/mol. The Balaban J connectivity index is 2.89. The van der Waals surface area contributed by atoms with E-state index in [1.54, 1.807) is 13.8 Å². The smallest absolute Gasteiger partial charge is 0.338 e. The highest BCUT2D eigenvalue weighted by molar-refractivity contribution is 7.89. The fourth-order valence-corrected chi connectivity index (χ4v) is 2.59. The number of nitrogens with one attached hydrogen (secondary N) is 1. The molecule has 0 heterocycles. The SMILES string of the molecule is CCOC(=O)c1ccc(S(=O)(=O)N[C@H](C)CO)cc1. The van der Waals surface area contributed by atoms with Gasteiger partial charge in [0.1, 0.15) is 0 Å². The van der Waals surface area contributed by atoms with Gasteiger partial charge in [-0.05, 0) is 38.1 Å². The Hall–Kier alpha value is -1.44. The molecule has 6 nitrogen and oxygen atoms in total. The van der Waals surface area contributed by atoms with Gasteiger partial charge < -0.3 is 9.84 Å². The Labute approximate surface area is 112 Å². The number of hydrogen-bond donors (Lipinski definition) is 2. The van der Waals surface area contributed by atoms with Gasteiger partial charge in [0.2, 0.25) is 10.0 Å². The Morgan fingerprint density at radius 2 is 1.95 bits per heavy atom. The third-order valence-corrected chi connectivity index (χ3v) is 3.91. The molecule has 0 bridgehead atoms. The molecule has 0 spiro atoms. The van der Waals surface area contributed by atoms with Gasteiger partial charge in [0.15, 0.2) is 0 Å². The van der Waals surface area contributed by atoms with Crippen LogP contribution >= 0.6 is 0 Å². The summed E-state index contributed by atoms with van der Waals surface area (Å²) in [6.45, 7) is 3.20. The van der Waals surface area contributed by atoms with Crippen LogP contribution in [-0.2, 0) is 14.8 Å². The van der Waals surface area contributed by atoms with Crippen molar-refractivity contribution in [3.8, 4) is 0 Å². The Morgan fingerprint density at radius 1 is 1.37 bits per heavy atom. The second-order valence-electron chi connectivity index (χ2n) is 3.95. The Bertz CT molecular complexity index is 524. The highest BCUT2D eigenvalue weighted by Crippen LogP contribution is 2.12. The second kappa shape index (κ2) is 6.65. The normalized spacial score (nSPS) is 13.0. The first-order chi connectivity index (χ1) is 8.90. The van der Waals surface area contributed by atoms with Gasteiger partial charge in [0.25, 0.3) is 0 Å². The van der Waals surface area contributed by atoms with Gasteiger partial charge in [-0.2, -0.15) is 0 Å². The summed E-state index contributed by atoms with van der Waals surface area (Å²) in [4.78, 5) is 11.4. The van der Waals surface area contributed by atoms with Crippen LogP contribution in [0.5, 0.6) is 0 Å². The van der Waals surface area contributed by atoms with Crippen LogP contribution in [-0.4, -0.2) is 38.7 Å². The van der Waals surface area contributed by atoms with Crippen molar-refractivity contribution >= 4 is 16.0 Å². The van der Waals surface area contributed by atoms with Crippen LogP contribution in [0.15, 0.2) is 29.2 Å². The summed E-state index contributed by atoms with van der Waals surface area (Å²) in [7, 11) is -3.69. The van der Waals surface area contributed by atoms with Crippen LogP contribution in [0.4, 0.5) is 0 Å². The lowest BCUT2D eigenvalue weighted by atomic mass is 10.2. The van der Waals surface area contributed by atoms with E-state index in [1.807, 2.05) is 0 Å². The molecule has 1 aromatic rings. The molecular formula is C12H17NO5S. The average Bonchev–Trinajstić information content (AvgIpc) is 2.38. The van der Waals surface area contributed by atoms with Crippen molar-refractivity contribution in [3.63, 3.8) is 0 Å². The Kier molecular flexibility index (Phi) is 5.46. The Morgan fingerprint density at radius 3 is 2.42 bits per heavy atom. The van der Waals surface area contributed by atoms with E-state index < -0.39 is 22.0 Å². The zero-order chi connectivity index (χ0) is 14.5. The number of aliphatic hydroxyl groups is 1. The molecule has 0 aliphatic carbocycles. The third-order valence-electron chi connectivity index (χ3n) is 2.31. The topological polar surface area (TPSA) is 92.7 Å². The first-order valence-corrected chi connectivity index (χ1v) is 7.29. The summed E-state index contributed by atoms with van der Waals surface area (Å²) in [5, 5.41) is 8.83. The highest BCUT2D eigenvalue weighted by Gasteiger charge is 2.17. The quantitative estimate of drug-likeness (QED) is 0.744. The van der Waals surface area contributed by atoms with Crippen LogP contribution in [0.3, 0.4) is 0 Å². The number of sulfonamides is 1. The van der Waals surface area contributed by atoms with Gasteiger partial charge in [0, 0.05) is 6.04 Å². The number of esters is 1. The molecule has 0 amide bonds. The van der Waals surface area contributed by atoms with Crippen molar-refractivity contribution in [1.82, 2.24) is 4.72 Å². The number of carbonyl (C=O) groups is 1. The third kappa shape index (κ3) is 4.30. The van der Waals surface area contributed by atoms with Gasteiger partial charge in [-0.1, -0.05) is 0 Å². The van der Waals surface area contributed by atoms with Gasteiger partial charge in [-0.15, -0.1) is 0 Å². The van der Waals surface area contributed by atoms with E-state index in [2.05, 4.69) is 4.72 Å². The van der Waals surface area contributed by atoms with Gasteiger partial charge in [-0.3, -0.25) is 0 Å². The lowest BCUT2D eigenvalue weighted by molar-refractivity contribution is 0.0526. The van der Waals surface area contributed by atoms with Crippen LogP contribution in [0, 0.1) is 0 Å². The first-order valence-electron chi connectivity index (χ1n) is 5.81. The molecule has 0 fully saturated rings. The van der Waals surface area contributed by atoms with Crippen LogP contribution in [0.1, 0.15) is 24.2 Å². The lowest BCUT2D eigenvalue weighted by Crippen LogP contribution is -2.34. The molecule has 0 radical (unpaired) electrons. The average molecular weight is 287 g/mol.